The molecule has 0 amide bonds. The molecule has 128 valence electrons. The normalized spacial score (nSPS) is 16.8. The van der Waals surface area contributed by atoms with Crippen LogP contribution in [0.4, 0.5) is 0 Å². The second-order valence-corrected chi connectivity index (χ2v) is 5.43. The van der Waals surface area contributed by atoms with Crippen LogP contribution in [0.25, 0.3) is 0 Å². The number of nitrogens with zero attached hydrogens (tertiary/aromatic N) is 4. The van der Waals surface area contributed by atoms with E-state index in [1.54, 1.807) is 6.33 Å². The first-order valence-electron chi connectivity index (χ1n) is 7.99. The van der Waals surface area contributed by atoms with Gasteiger partial charge in [0.25, 0.3) is 0 Å². The summed E-state index contributed by atoms with van der Waals surface area (Å²) in [4.78, 5) is 4.52. The summed E-state index contributed by atoms with van der Waals surface area (Å²) in [5, 5.41) is 14.4. The van der Waals surface area contributed by atoms with E-state index in [-0.39, 0.29) is 6.10 Å². The van der Waals surface area contributed by atoms with Crippen molar-refractivity contribution in [1.29, 1.82) is 0 Å². The lowest BCUT2D eigenvalue weighted by molar-refractivity contribution is 0.0936. The zero-order valence-corrected chi connectivity index (χ0v) is 13.9. The summed E-state index contributed by atoms with van der Waals surface area (Å²) in [6, 6.07) is 7.69. The van der Waals surface area contributed by atoms with Crippen LogP contribution in [-0.2, 0) is 13.6 Å². The van der Waals surface area contributed by atoms with Gasteiger partial charge in [0.1, 0.15) is 25.6 Å². The molecule has 1 unspecified atom stereocenters. The van der Waals surface area contributed by atoms with Gasteiger partial charge >= 0.3 is 0 Å². The summed E-state index contributed by atoms with van der Waals surface area (Å²) in [7, 11) is 1.90. The summed E-state index contributed by atoms with van der Waals surface area (Å²) >= 11 is 0. The first-order valence-corrected chi connectivity index (χ1v) is 7.99. The van der Waals surface area contributed by atoms with E-state index in [1.165, 1.54) is 0 Å². The van der Waals surface area contributed by atoms with Crippen molar-refractivity contribution in [2.24, 2.45) is 12.0 Å². The highest BCUT2D eigenvalue weighted by Gasteiger charge is 2.20. The molecule has 1 aromatic carbocycles. The quantitative estimate of drug-likeness (QED) is 0.620. The number of guanidine groups is 1. The van der Waals surface area contributed by atoms with E-state index in [1.807, 2.05) is 42.8 Å². The summed E-state index contributed by atoms with van der Waals surface area (Å²) in [6.07, 6.45) is 1.59. The average Bonchev–Trinajstić information content (AvgIpc) is 3.02. The molecule has 2 heterocycles. The minimum atomic E-state index is -0.0708. The number of aliphatic imine (C=N–C) groups is 1. The molecule has 8 nitrogen and oxygen atoms in total. The van der Waals surface area contributed by atoms with Crippen LogP contribution in [0, 0.1) is 0 Å². The Morgan fingerprint density at radius 1 is 1.33 bits per heavy atom. The van der Waals surface area contributed by atoms with Crippen LogP contribution < -0.4 is 20.1 Å². The van der Waals surface area contributed by atoms with E-state index in [0.717, 1.165) is 23.9 Å². The van der Waals surface area contributed by atoms with Crippen molar-refractivity contribution in [3.63, 3.8) is 0 Å². The number of fused-ring (bicyclic) bond motifs is 1. The minimum Gasteiger partial charge on any atom is -0.486 e. The molecule has 0 radical (unpaired) electrons. The molecule has 24 heavy (non-hydrogen) atoms. The predicted octanol–water partition coefficient (Wildman–Crippen LogP) is 0.710. The fraction of sp³-hybridized carbons (Fsp3) is 0.438. The van der Waals surface area contributed by atoms with Gasteiger partial charge in [0, 0.05) is 13.6 Å². The average molecular weight is 330 g/mol. The van der Waals surface area contributed by atoms with Crippen molar-refractivity contribution in [2.75, 3.05) is 19.7 Å². The lowest BCUT2D eigenvalue weighted by Gasteiger charge is -2.27. The van der Waals surface area contributed by atoms with Gasteiger partial charge in [-0.3, -0.25) is 0 Å². The Labute approximate surface area is 140 Å². The zero-order chi connectivity index (χ0) is 16.8. The summed E-state index contributed by atoms with van der Waals surface area (Å²) < 4.78 is 13.5. The zero-order valence-electron chi connectivity index (χ0n) is 13.9. The van der Waals surface area contributed by atoms with Gasteiger partial charge in [-0.15, -0.1) is 10.2 Å². The molecule has 0 bridgehead atoms. The van der Waals surface area contributed by atoms with E-state index >= 15 is 0 Å². The Morgan fingerprint density at radius 2 is 2.17 bits per heavy atom. The van der Waals surface area contributed by atoms with Crippen LogP contribution in [0.1, 0.15) is 12.7 Å². The first-order chi connectivity index (χ1) is 11.8. The molecule has 8 heteroatoms. The van der Waals surface area contributed by atoms with Crippen molar-refractivity contribution >= 4 is 5.96 Å². The molecule has 2 N–H and O–H groups in total. The maximum atomic E-state index is 5.93. The number of aryl methyl sites for hydroxylation is 1. The Hall–Kier alpha value is -2.77. The third-order valence-corrected chi connectivity index (χ3v) is 3.59. The van der Waals surface area contributed by atoms with Gasteiger partial charge < -0.3 is 24.7 Å². The van der Waals surface area contributed by atoms with Gasteiger partial charge in [0.15, 0.2) is 23.3 Å². The molecule has 1 atom stereocenters. The molecule has 0 spiro atoms. The summed E-state index contributed by atoms with van der Waals surface area (Å²) in [5.74, 6) is 3.08. The number of rotatable bonds is 5. The molecule has 2 aromatic rings. The molecule has 1 aromatic heterocycles. The van der Waals surface area contributed by atoms with E-state index in [4.69, 9.17) is 9.47 Å². The van der Waals surface area contributed by atoms with Crippen LogP contribution in [0.15, 0.2) is 35.6 Å². The van der Waals surface area contributed by atoms with Crippen molar-refractivity contribution in [1.82, 2.24) is 25.4 Å². The highest BCUT2D eigenvalue weighted by atomic mass is 16.6. The van der Waals surface area contributed by atoms with Crippen LogP contribution >= 0.6 is 0 Å². The SMILES string of the molecule is CCNC(=NCc1nncn1C)NCC1COc2ccccc2O1. The Kier molecular flexibility index (Phi) is 5.15. The highest BCUT2D eigenvalue weighted by Crippen LogP contribution is 2.30. The number of hydrogen-bond acceptors (Lipinski definition) is 5. The van der Waals surface area contributed by atoms with Crippen molar-refractivity contribution in [2.45, 2.75) is 19.6 Å². The summed E-state index contributed by atoms with van der Waals surface area (Å²) in [6.45, 7) is 4.36. The minimum absolute atomic E-state index is 0.0708. The van der Waals surface area contributed by atoms with Crippen LogP contribution in [0.5, 0.6) is 11.5 Å². The van der Waals surface area contributed by atoms with Crippen LogP contribution in [-0.4, -0.2) is 46.5 Å². The van der Waals surface area contributed by atoms with Gasteiger partial charge in [0.05, 0.1) is 6.54 Å². The fourth-order valence-corrected chi connectivity index (χ4v) is 2.32. The molecule has 1 aliphatic heterocycles. The first kappa shape index (κ1) is 16.1. The van der Waals surface area contributed by atoms with Gasteiger partial charge in [0.2, 0.25) is 0 Å². The highest BCUT2D eigenvalue weighted by molar-refractivity contribution is 5.79. The number of para-hydroxylation sites is 2. The van der Waals surface area contributed by atoms with Crippen molar-refractivity contribution in [3.05, 3.63) is 36.4 Å². The largest absolute Gasteiger partial charge is 0.486 e. The van der Waals surface area contributed by atoms with Gasteiger partial charge in [-0.05, 0) is 19.1 Å². The smallest absolute Gasteiger partial charge is 0.191 e. The number of ether oxygens (including phenoxy) is 2. The van der Waals surface area contributed by atoms with E-state index in [0.29, 0.717) is 25.7 Å². The maximum absolute atomic E-state index is 5.93. The van der Waals surface area contributed by atoms with Crippen molar-refractivity contribution in [3.8, 4) is 11.5 Å². The molecule has 3 rings (SSSR count). The molecular weight excluding hydrogens is 308 g/mol. The number of hydrogen-bond donors (Lipinski definition) is 2. The van der Waals surface area contributed by atoms with Crippen LogP contribution in [0.2, 0.25) is 0 Å². The van der Waals surface area contributed by atoms with Gasteiger partial charge in [-0.1, -0.05) is 12.1 Å². The van der Waals surface area contributed by atoms with Crippen LogP contribution in [0.3, 0.4) is 0 Å². The Morgan fingerprint density at radius 3 is 2.92 bits per heavy atom. The number of aromatic nitrogens is 3. The Bertz CT molecular complexity index is 699. The van der Waals surface area contributed by atoms with E-state index in [9.17, 15) is 0 Å². The Balaban J connectivity index is 1.56. The summed E-state index contributed by atoms with van der Waals surface area (Å²) in [5.41, 5.74) is 0. The van der Waals surface area contributed by atoms with Gasteiger partial charge in [-0.25, -0.2) is 4.99 Å². The third kappa shape index (κ3) is 3.95. The lowest BCUT2D eigenvalue weighted by Crippen LogP contribution is -2.45. The number of nitrogens with one attached hydrogen (secondary N) is 2. The monoisotopic (exact) mass is 330 g/mol. The molecule has 0 aliphatic carbocycles. The fourth-order valence-electron chi connectivity index (χ4n) is 2.32. The molecular formula is C16H22N6O2. The predicted molar refractivity (Wildman–Crippen MR) is 90.2 cm³/mol. The van der Waals surface area contributed by atoms with Crippen molar-refractivity contribution < 1.29 is 9.47 Å². The molecule has 0 fully saturated rings. The lowest BCUT2D eigenvalue weighted by atomic mass is 10.2. The maximum Gasteiger partial charge on any atom is 0.191 e. The van der Waals surface area contributed by atoms with E-state index in [2.05, 4.69) is 25.8 Å². The molecule has 0 saturated heterocycles. The third-order valence-electron chi connectivity index (χ3n) is 3.59. The second kappa shape index (κ2) is 7.67. The second-order valence-electron chi connectivity index (χ2n) is 5.43. The molecule has 1 aliphatic rings. The number of benzene rings is 1. The van der Waals surface area contributed by atoms with Gasteiger partial charge in [-0.2, -0.15) is 0 Å². The standard InChI is InChI=1S/C16H22N6O2/c1-3-17-16(19-9-15-21-20-11-22(15)2)18-8-12-10-23-13-6-4-5-7-14(13)24-12/h4-7,11-12H,3,8-10H2,1-2H3,(H2,17,18,19). The van der Waals surface area contributed by atoms with E-state index < -0.39 is 0 Å². The molecule has 0 saturated carbocycles. The topological polar surface area (TPSA) is 85.6 Å².